The van der Waals surface area contributed by atoms with Gasteiger partial charge in [-0.15, -0.1) is 0 Å². The number of hydrogen-bond acceptors (Lipinski definition) is 3. The van der Waals surface area contributed by atoms with Crippen molar-refractivity contribution in [3.05, 3.63) is 16.9 Å². The molecular weight excluding hydrogens is 332 g/mol. The Morgan fingerprint density at radius 3 is 2.86 bits per heavy atom. The number of nitrogens with one attached hydrogen (secondary N) is 1. The summed E-state index contributed by atoms with van der Waals surface area (Å²) < 4.78 is 2.45. The molecule has 21 heavy (non-hydrogen) atoms. The maximum Gasteiger partial charge on any atom is 0.261 e. The van der Waals surface area contributed by atoms with Crippen LogP contribution in [-0.4, -0.2) is 21.4 Å². The molecule has 2 saturated carbocycles. The fraction of sp³-hybridized carbons (Fsp3) is 0.667. The van der Waals surface area contributed by atoms with Crippen molar-refractivity contribution in [2.75, 3.05) is 0 Å². The molecule has 0 aromatic carbocycles. The highest BCUT2D eigenvalue weighted by Gasteiger charge is 2.59. The van der Waals surface area contributed by atoms with Gasteiger partial charge in [0, 0.05) is 17.3 Å². The lowest BCUT2D eigenvalue weighted by atomic mass is 9.70. The predicted molar refractivity (Wildman–Crippen MR) is 84.7 cm³/mol. The van der Waals surface area contributed by atoms with E-state index in [2.05, 4.69) is 52.3 Å². The highest BCUT2D eigenvalue weighted by Crippen LogP contribution is 2.63. The van der Waals surface area contributed by atoms with Gasteiger partial charge in [0.1, 0.15) is 6.54 Å². The molecule has 2 atom stereocenters. The van der Waals surface area contributed by atoms with Crippen molar-refractivity contribution in [3.63, 3.8) is 0 Å². The summed E-state index contributed by atoms with van der Waals surface area (Å²) in [7, 11) is 0. The highest BCUT2D eigenvalue weighted by molar-refractivity contribution is 9.10. The maximum absolute atomic E-state index is 12.0. The lowest BCUT2D eigenvalue weighted by Gasteiger charge is -2.34. The van der Waals surface area contributed by atoms with Gasteiger partial charge in [-0.25, -0.2) is 5.43 Å². The summed E-state index contributed by atoms with van der Waals surface area (Å²) in [5.41, 5.74) is 4.26. The summed E-state index contributed by atoms with van der Waals surface area (Å²) in [4.78, 5) is 12.0. The fourth-order valence-electron chi connectivity index (χ4n) is 3.83. The second kappa shape index (κ2) is 4.93. The van der Waals surface area contributed by atoms with Crippen LogP contribution in [0.1, 0.15) is 40.0 Å². The number of nitrogens with zero attached hydrogens (tertiary/aromatic N) is 3. The number of rotatable bonds is 3. The van der Waals surface area contributed by atoms with Crippen LogP contribution in [0.4, 0.5) is 0 Å². The first-order valence-electron chi connectivity index (χ1n) is 7.37. The third-order valence-electron chi connectivity index (χ3n) is 5.74. The molecule has 1 N–H and O–H groups in total. The molecular formula is C15H21BrN4O. The topological polar surface area (TPSA) is 59.3 Å². The van der Waals surface area contributed by atoms with Crippen molar-refractivity contribution in [2.45, 2.75) is 46.6 Å². The minimum absolute atomic E-state index is 0.125. The largest absolute Gasteiger partial charge is 0.271 e. The van der Waals surface area contributed by atoms with E-state index in [1.165, 1.54) is 12.8 Å². The smallest absolute Gasteiger partial charge is 0.261 e. The van der Waals surface area contributed by atoms with E-state index in [1.807, 2.05) is 0 Å². The van der Waals surface area contributed by atoms with Crippen LogP contribution >= 0.6 is 15.9 Å². The van der Waals surface area contributed by atoms with Gasteiger partial charge in [0.25, 0.3) is 5.91 Å². The van der Waals surface area contributed by atoms with Gasteiger partial charge in [-0.2, -0.15) is 10.2 Å². The Labute approximate surface area is 133 Å². The first-order valence-corrected chi connectivity index (χ1v) is 8.16. The predicted octanol–water partition coefficient (Wildman–Crippen LogP) is 2.96. The molecule has 1 aromatic rings. The summed E-state index contributed by atoms with van der Waals surface area (Å²) in [6.07, 6.45) is 6.90. The lowest BCUT2D eigenvalue weighted by Crippen LogP contribution is -2.34. The Hall–Kier alpha value is -1.17. The molecule has 1 heterocycles. The SMILES string of the molecule is CC12CCC(CC1=NNC(=O)Cn1cc(Br)cn1)C2(C)C. The van der Waals surface area contributed by atoms with E-state index >= 15 is 0 Å². The molecule has 0 saturated heterocycles. The van der Waals surface area contributed by atoms with Gasteiger partial charge < -0.3 is 0 Å². The fourth-order valence-corrected chi connectivity index (χ4v) is 4.16. The number of carbonyl (C=O) groups excluding carboxylic acids is 1. The van der Waals surface area contributed by atoms with Crippen LogP contribution in [0.15, 0.2) is 22.0 Å². The molecule has 1 aromatic heterocycles. The minimum atomic E-state index is -0.137. The molecule has 0 aliphatic heterocycles. The first-order chi connectivity index (χ1) is 9.83. The van der Waals surface area contributed by atoms with Crippen LogP contribution in [0.2, 0.25) is 0 Å². The third-order valence-corrected chi connectivity index (χ3v) is 6.14. The third kappa shape index (κ3) is 2.33. The Morgan fingerprint density at radius 2 is 2.33 bits per heavy atom. The van der Waals surface area contributed by atoms with Crippen molar-refractivity contribution in [2.24, 2.45) is 21.8 Å². The van der Waals surface area contributed by atoms with Crippen LogP contribution in [0.3, 0.4) is 0 Å². The van der Waals surface area contributed by atoms with Gasteiger partial charge in [-0.05, 0) is 46.5 Å². The monoisotopic (exact) mass is 352 g/mol. The Morgan fingerprint density at radius 1 is 1.57 bits per heavy atom. The Bertz CT molecular complexity index is 607. The van der Waals surface area contributed by atoms with Crippen molar-refractivity contribution in [1.29, 1.82) is 0 Å². The van der Waals surface area contributed by atoms with Gasteiger partial charge in [-0.3, -0.25) is 9.48 Å². The quantitative estimate of drug-likeness (QED) is 0.850. The number of hydrogen-bond donors (Lipinski definition) is 1. The number of halogens is 1. The zero-order valence-electron chi connectivity index (χ0n) is 12.7. The van der Waals surface area contributed by atoms with Gasteiger partial charge >= 0.3 is 0 Å². The summed E-state index contributed by atoms with van der Waals surface area (Å²) >= 11 is 3.31. The number of hydrazone groups is 1. The van der Waals surface area contributed by atoms with E-state index < -0.39 is 0 Å². The van der Waals surface area contributed by atoms with Gasteiger partial charge in [0.05, 0.1) is 10.7 Å². The second-order valence-electron chi connectivity index (χ2n) is 6.94. The van der Waals surface area contributed by atoms with Crippen LogP contribution < -0.4 is 5.43 Å². The molecule has 2 bridgehead atoms. The van der Waals surface area contributed by atoms with Gasteiger partial charge in [-0.1, -0.05) is 20.8 Å². The lowest BCUT2D eigenvalue weighted by molar-refractivity contribution is -0.121. The standard InChI is InChI=1S/C15H21BrN4O/c1-14(2)10-4-5-15(14,3)12(6-10)18-19-13(21)9-20-8-11(16)7-17-20/h7-8,10H,4-6,9H2,1-3H3,(H,19,21). The van der Waals surface area contributed by atoms with Crippen molar-refractivity contribution in [3.8, 4) is 0 Å². The average Bonchev–Trinajstić information content (AvgIpc) is 2.96. The molecule has 0 radical (unpaired) electrons. The van der Waals surface area contributed by atoms with Crippen molar-refractivity contribution in [1.82, 2.24) is 15.2 Å². The van der Waals surface area contributed by atoms with Crippen molar-refractivity contribution < 1.29 is 4.79 Å². The summed E-state index contributed by atoms with van der Waals surface area (Å²) in [6.45, 7) is 7.13. The average molecular weight is 353 g/mol. The van der Waals surface area contributed by atoms with E-state index in [9.17, 15) is 4.79 Å². The summed E-state index contributed by atoms with van der Waals surface area (Å²) in [6, 6.07) is 0. The van der Waals surface area contributed by atoms with Gasteiger partial charge in [0.15, 0.2) is 0 Å². The van der Waals surface area contributed by atoms with Crippen LogP contribution in [-0.2, 0) is 11.3 Å². The van der Waals surface area contributed by atoms with E-state index in [4.69, 9.17) is 0 Å². The van der Waals surface area contributed by atoms with E-state index in [0.29, 0.717) is 5.92 Å². The van der Waals surface area contributed by atoms with E-state index in [0.717, 1.165) is 16.6 Å². The zero-order chi connectivity index (χ0) is 15.3. The molecule has 3 rings (SSSR count). The molecule has 114 valence electrons. The number of carbonyl (C=O) groups is 1. The summed E-state index contributed by atoms with van der Waals surface area (Å²) in [5, 5.41) is 8.51. The number of fused-ring (bicyclic) bond motifs is 2. The Kier molecular flexibility index (Phi) is 3.47. The van der Waals surface area contributed by atoms with Crippen molar-refractivity contribution >= 4 is 27.5 Å². The van der Waals surface area contributed by atoms with Crippen LogP contribution in [0.25, 0.3) is 0 Å². The minimum Gasteiger partial charge on any atom is -0.271 e. The summed E-state index contributed by atoms with van der Waals surface area (Å²) in [5.74, 6) is 0.558. The Balaban J connectivity index is 1.66. The normalized spacial score (nSPS) is 31.8. The van der Waals surface area contributed by atoms with Crippen LogP contribution in [0, 0.1) is 16.7 Å². The maximum atomic E-state index is 12.0. The molecule has 2 aliphatic rings. The zero-order valence-corrected chi connectivity index (χ0v) is 14.3. The molecule has 5 nitrogen and oxygen atoms in total. The van der Waals surface area contributed by atoms with E-state index in [1.54, 1.807) is 17.1 Å². The molecule has 2 unspecified atom stereocenters. The number of aromatic nitrogens is 2. The highest BCUT2D eigenvalue weighted by atomic mass is 79.9. The van der Waals surface area contributed by atoms with E-state index in [-0.39, 0.29) is 23.3 Å². The van der Waals surface area contributed by atoms with Gasteiger partial charge in [0.2, 0.25) is 0 Å². The van der Waals surface area contributed by atoms with Crippen LogP contribution in [0.5, 0.6) is 0 Å². The second-order valence-corrected chi connectivity index (χ2v) is 7.86. The molecule has 1 amide bonds. The number of amides is 1. The molecule has 6 heteroatoms. The molecule has 0 spiro atoms. The molecule has 2 fully saturated rings. The first kappa shape index (κ1) is 14.8. The molecule has 2 aliphatic carbocycles.